The minimum absolute atomic E-state index is 0.00212. The predicted octanol–water partition coefficient (Wildman–Crippen LogP) is 5.64. The maximum Gasteiger partial charge on any atom is 0.251 e. The smallest absolute Gasteiger partial charge is 0.251 e. The number of nitrogens with one attached hydrogen (secondary N) is 1. The summed E-state index contributed by atoms with van der Waals surface area (Å²) < 4.78 is 0. The Morgan fingerprint density at radius 2 is 1.47 bits per heavy atom. The molecule has 0 unspecified atom stereocenters. The zero-order chi connectivity index (χ0) is 21.2. The topological polar surface area (TPSA) is 32.3 Å². The third-order valence-corrected chi connectivity index (χ3v) is 5.42. The number of hydrogen-bond donors (Lipinski definition) is 1. The number of rotatable bonds is 10. The molecule has 3 heteroatoms. The van der Waals surface area contributed by atoms with Gasteiger partial charge in [-0.05, 0) is 67.1 Å². The van der Waals surface area contributed by atoms with Crippen LogP contribution in [-0.2, 0) is 19.4 Å². The van der Waals surface area contributed by atoms with E-state index >= 15 is 0 Å². The molecule has 3 aromatic rings. The largest absolute Gasteiger partial charge is 0.367 e. The van der Waals surface area contributed by atoms with Gasteiger partial charge >= 0.3 is 0 Å². The Morgan fingerprint density at radius 1 is 0.800 bits per heavy atom. The maximum atomic E-state index is 12.2. The summed E-state index contributed by atoms with van der Waals surface area (Å²) >= 11 is 0. The van der Waals surface area contributed by atoms with E-state index in [-0.39, 0.29) is 5.91 Å². The van der Waals surface area contributed by atoms with Gasteiger partial charge < -0.3 is 10.2 Å². The highest BCUT2D eigenvalue weighted by atomic mass is 16.1. The van der Waals surface area contributed by atoms with Crippen LogP contribution in [0.4, 0.5) is 5.69 Å². The molecule has 3 nitrogen and oxygen atoms in total. The average molecular weight is 401 g/mol. The van der Waals surface area contributed by atoms with E-state index in [9.17, 15) is 4.79 Å². The number of aryl methyl sites for hydroxylation is 2. The summed E-state index contributed by atoms with van der Waals surface area (Å²) in [4.78, 5) is 14.5. The summed E-state index contributed by atoms with van der Waals surface area (Å²) in [5.41, 5.74) is 5.99. The van der Waals surface area contributed by atoms with Gasteiger partial charge in [-0.1, -0.05) is 61.5 Å². The van der Waals surface area contributed by atoms with Crippen molar-refractivity contribution in [2.24, 2.45) is 0 Å². The third-order valence-electron chi connectivity index (χ3n) is 5.42. The standard InChI is InChI=1S/C27H32N2O/c1-3-20-28-27(30)24-16-18-26(19-17-24)29(4-2)21-25-13-9-8-12-23(25)15-14-22-10-6-5-7-11-22/h5-13,16-19H,3-4,14-15,20-21H2,1-2H3,(H,28,30). The maximum absolute atomic E-state index is 12.2. The molecule has 0 radical (unpaired) electrons. The van der Waals surface area contributed by atoms with Gasteiger partial charge in [-0.3, -0.25) is 4.79 Å². The van der Waals surface area contributed by atoms with E-state index in [1.165, 1.54) is 16.7 Å². The van der Waals surface area contributed by atoms with E-state index in [1.54, 1.807) is 0 Å². The van der Waals surface area contributed by atoms with E-state index in [2.05, 4.69) is 90.8 Å². The number of nitrogens with zero attached hydrogens (tertiary/aromatic N) is 1. The van der Waals surface area contributed by atoms with E-state index in [4.69, 9.17) is 0 Å². The number of carbonyl (C=O) groups is 1. The molecule has 3 rings (SSSR count). The fourth-order valence-electron chi connectivity index (χ4n) is 3.63. The summed E-state index contributed by atoms with van der Waals surface area (Å²) in [6.07, 6.45) is 3.02. The molecule has 0 aliphatic heterocycles. The molecule has 0 aliphatic carbocycles. The predicted molar refractivity (Wildman–Crippen MR) is 126 cm³/mol. The number of hydrogen-bond acceptors (Lipinski definition) is 2. The van der Waals surface area contributed by atoms with Gasteiger partial charge in [0.2, 0.25) is 0 Å². The van der Waals surface area contributed by atoms with Gasteiger partial charge in [-0.15, -0.1) is 0 Å². The molecule has 3 aromatic carbocycles. The normalized spacial score (nSPS) is 10.6. The monoisotopic (exact) mass is 400 g/mol. The molecule has 0 fully saturated rings. The lowest BCUT2D eigenvalue weighted by Crippen LogP contribution is -2.25. The molecular formula is C27H32N2O. The van der Waals surface area contributed by atoms with E-state index in [0.717, 1.165) is 38.0 Å². The number of amides is 1. The molecule has 0 saturated heterocycles. The van der Waals surface area contributed by atoms with Gasteiger partial charge in [-0.2, -0.15) is 0 Å². The number of anilines is 1. The van der Waals surface area contributed by atoms with Gasteiger partial charge in [0.05, 0.1) is 0 Å². The summed E-state index contributed by atoms with van der Waals surface area (Å²) in [5, 5.41) is 2.93. The summed E-state index contributed by atoms with van der Waals surface area (Å²) in [6, 6.07) is 27.3. The first kappa shape index (κ1) is 21.6. The number of benzene rings is 3. The fourth-order valence-corrected chi connectivity index (χ4v) is 3.63. The lowest BCUT2D eigenvalue weighted by atomic mass is 9.99. The molecule has 0 saturated carbocycles. The lowest BCUT2D eigenvalue weighted by molar-refractivity contribution is 0.0953. The van der Waals surface area contributed by atoms with E-state index in [0.29, 0.717) is 12.1 Å². The molecular weight excluding hydrogens is 368 g/mol. The van der Waals surface area contributed by atoms with Crippen LogP contribution in [0, 0.1) is 0 Å². The van der Waals surface area contributed by atoms with Crippen molar-refractivity contribution in [3.63, 3.8) is 0 Å². The van der Waals surface area contributed by atoms with Crippen molar-refractivity contribution in [3.05, 3.63) is 101 Å². The van der Waals surface area contributed by atoms with Crippen LogP contribution in [0.5, 0.6) is 0 Å². The first-order chi connectivity index (χ1) is 14.7. The van der Waals surface area contributed by atoms with Crippen molar-refractivity contribution < 1.29 is 4.79 Å². The molecule has 0 atom stereocenters. The number of carbonyl (C=O) groups excluding carboxylic acids is 1. The Morgan fingerprint density at radius 3 is 2.13 bits per heavy atom. The highest BCUT2D eigenvalue weighted by Gasteiger charge is 2.11. The van der Waals surface area contributed by atoms with Crippen molar-refractivity contribution in [1.82, 2.24) is 5.32 Å². The Labute approximate surface area is 180 Å². The van der Waals surface area contributed by atoms with Crippen LogP contribution in [-0.4, -0.2) is 19.0 Å². The highest BCUT2D eigenvalue weighted by Crippen LogP contribution is 2.21. The van der Waals surface area contributed by atoms with Crippen molar-refractivity contribution in [2.75, 3.05) is 18.0 Å². The van der Waals surface area contributed by atoms with Gasteiger partial charge in [-0.25, -0.2) is 0 Å². The van der Waals surface area contributed by atoms with Crippen molar-refractivity contribution in [1.29, 1.82) is 0 Å². The Bertz CT molecular complexity index is 919. The van der Waals surface area contributed by atoms with Crippen molar-refractivity contribution in [3.8, 4) is 0 Å². The van der Waals surface area contributed by atoms with Gasteiger partial charge in [0.1, 0.15) is 0 Å². The van der Waals surface area contributed by atoms with Gasteiger partial charge in [0.25, 0.3) is 5.91 Å². The molecule has 0 bridgehead atoms. The van der Waals surface area contributed by atoms with Crippen LogP contribution in [0.3, 0.4) is 0 Å². The summed E-state index contributed by atoms with van der Waals surface area (Å²) in [6.45, 7) is 6.72. The molecule has 1 amide bonds. The zero-order valence-corrected chi connectivity index (χ0v) is 18.1. The molecule has 0 aliphatic rings. The van der Waals surface area contributed by atoms with Gasteiger partial charge in [0.15, 0.2) is 0 Å². The van der Waals surface area contributed by atoms with Crippen molar-refractivity contribution >= 4 is 11.6 Å². The first-order valence-electron chi connectivity index (χ1n) is 10.9. The second-order valence-electron chi connectivity index (χ2n) is 7.57. The highest BCUT2D eigenvalue weighted by molar-refractivity contribution is 5.94. The zero-order valence-electron chi connectivity index (χ0n) is 18.1. The Balaban J connectivity index is 1.69. The fraction of sp³-hybridized carbons (Fsp3) is 0.296. The summed E-state index contributed by atoms with van der Waals surface area (Å²) in [5.74, 6) is -0.00212. The summed E-state index contributed by atoms with van der Waals surface area (Å²) in [7, 11) is 0. The Hall–Kier alpha value is -3.07. The minimum atomic E-state index is -0.00212. The molecule has 0 spiro atoms. The molecule has 1 N–H and O–H groups in total. The van der Waals surface area contributed by atoms with Crippen molar-refractivity contribution in [2.45, 2.75) is 39.7 Å². The molecule has 30 heavy (non-hydrogen) atoms. The average Bonchev–Trinajstić information content (AvgIpc) is 2.81. The first-order valence-corrected chi connectivity index (χ1v) is 10.9. The third kappa shape index (κ3) is 5.96. The van der Waals surface area contributed by atoms with E-state index < -0.39 is 0 Å². The van der Waals surface area contributed by atoms with Crippen LogP contribution < -0.4 is 10.2 Å². The van der Waals surface area contributed by atoms with Crippen LogP contribution in [0.25, 0.3) is 0 Å². The SMILES string of the molecule is CCCNC(=O)c1ccc(N(CC)Cc2ccccc2CCc2ccccc2)cc1. The van der Waals surface area contributed by atoms with Gasteiger partial charge in [0, 0.05) is 30.9 Å². The van der Waals surface area contributed by atoms with Crippen LogP contribution in [0.2, 0.25) is 0 Å². The van der Waals surface area contributed by atoms with Crippen LogP contribution >= 0.6 is 0 Å². The van der Waals surface area contributed by atoms with E-state index in [1.807, 2.05) is 12.1 Å². The minimum Gasteiger partial charge on any atom is -0.367 e. The second kappa shape index (κ2) is 11.2. The second-order valence-corrected chi connectivity index (χ2v) is 7.57. The molecule has 0 heterocycles. The van der Waals surface area contributed by atoms with Crippen LogP contribution in [0.1, 0.15) is 47.3 Å². The molecule has 156 valence electrons. The lowest BCUT2D eigenvalue weighted by Gasteiger charge is -2.25. The molecule has 0 aromatic heterocycles. The quantitative estimate of drug-likeness (QED) is 0.478. The Kier molecular flexibility index (Phi) is 8.08. The van der Waals surface area contributed by atoms with Crippen LogP contribution in [0.15, 0.2) is 78.9 Å².